The molecule has 0 unspecified atom stereocenters. The van der Waals surface area contributed by atoms with Gasteiger partial charge in [-0.25, -0.2) is 9.59 Å². The average molecular weight is 318 g/mol. The molecule has 2 heterocycles. The maximum Gasteiger partial charge on any atom is 0.354 e. The Kier molecular flexibility index (Phi) is 5.26. The second kappa shape index (κ2) is 7.17. The zero-order chi connectivity index (χ0) is 17.0. The van der Waals surface area contributed by atoms with Gasteiger partial charge in [-0.05, 0) is 38.1 Å². The van der Waals surface area contributed by atoms with E-state index in [1.807, 2.05) is 40.1 Å². The Bertz CT molecular complexity index is 652. The quantitative estimate of drug-likeness (QED) is 0.606. The first-order valence-electron chi connectivity index (χ1n) is 7.50. The summed E-state index contributed by atoms with van der Waals surface area (Å²) < 4.78 is 13.9. The van der Waals surface area contributed by atoms with E-state index in [1.54, 1.807) is 21.3 Å². The molecule has 0 aromatic carbocycles. The van der Waals surface area contributed by atoms with Crippen molar-refractivity contribution in [3.05, 3.63) is 47.0 Å². The molecule has 0 bridgehead atoms. The number of ether oxygens (including phenoxy) is 2. The summed E-state index contributed by atoms with van der Waals surface area (Å²) in [7, 11) is 3.63. The Labute approximate surface area is 135 Å². The van der Waals surface area contributed by atoms with Crippen LogP contribution in [0.25, 0.3) is 0 Å². The summed E-state index contributed by atoms with van der Waals surface area (Å²) in [6.45, 7) is 4.26. The van der Waals surface area contributed by atoms with Crippen LogP contribution in [-0.4, -0.2) is 34.3 Å². The molecular weight excluding hydrogens is 296 g/mol. The number of esters is 2. The molecule has 0 saturated heterocycles. The Hall–Kier alpha value is -2.50. The van der Waals surface area contributed by atoms with Crippen molar-refractivity contribution in [1.82, 2.24) is 9.13 Å². The summed E-state index contributed by atoms with van der Waals surface area (Å²) in [5.74, 6) is -0.741. The lowest BCUT2D eigenvalue weighted by Crippen LogP contribution is -2.14. The van der Waals surface area contributed by atoms with Gasteiger partial charge >= 0.3 is 11.9 Å². The van der Waals surface area contributed by atoms with Gasteiger partial charge < -0.3 is 18.6 Å². The Balaban J connectivity index is 1.72. The van der Waals surface area contributed by atoms with Crippen LogP contribution < -0.4 is 0 Å². The van der Waals surface area contributed by atoms with Gasteiger partial charge in [-0.2, -0.15) is 0 Å². The van der Waals surface area contributed by atoms with E-state index < -0.39 is 0 Å². The number of carbonyl (C=O) groups excluding carboxylic acids is 2. The van der Waals surface area contributed by atoms with Gasteiger partial charge in [0.1, 0.15) is 11.4 Å². The van der Waals surface area contributed by atoms with Crippen LogP contribution in [0.1, 0.15) is 38.8 Å². The summed E-state index contributed by atoms with van der Waals surface area (Å²) in [4.78, 5) is 23.8. The minimum Gasteiger partial charge on any atom is -0.461 e. The molecule has 124 valence electrons. The summed E-state index contributed by atoms with van der Waals surface area (Å²) >= 11 is 0. The zero-order valence-corrected chi connectivity index (χ0v) is 14.0. The summed E-state index contributed by atoms with van der Waals surface area (Å²) in [6.07, 6.45) is 0.463. The molecule has 0 amide bonds. The second-order valence-electron chi connectivity index (χ2n) is 5.46. The Morgan fingerprint density at radius 1 is 0.826 bits per heavy atom. The number of aromatic nitrogens is 2. The molecule has 6 nitrogen and oxygen atoms in total. The van der Waals surface area contributed by atoms with Crippen molar-refractivity contribution < 1.29 is 19.1 Å². The molecule has 0 fully saturated rings. The van der Waals surface area contributed by atoms with Crippen LogP contribution in [0.5, 0.6) is 0 Å². The molecule has 0 N–H and O–H groups in total. The molecule has 0 spiro atoms. The highest BCUT2D eigenvalue weighted by molar-refractivity contribution is 5.88. The van der Waals surface area contributed by atoms with Crippen LogP contribution in [-0.2, 0) is 23.6 Å². The number of hydrogen-bond acceptors (Lipinski definition) is 4. The number of rotatable bonds is 6. The van der Waals surface area contributed by atoms with E-state index in [9.17, 15) is 9.59 Å². The number of aryl methyl sites for hydroxylation is 2. The van der Waals surface area contributed by atoms with Gasteiger partial charge in [0, 0.05) is 31.9 Å². The molecule has 2 aromatic heterocycles. The van der Waals surface area contributed by atoms with Crippen LogP contribution in [0, 0.1) is 13.8 Å². The first-order chi connectivity index (χ1) is 10.9. The topological polar surface area (TPSA) is 62.5 Å². The van der Waals surface area contributed by atoms with Gasteiger partial charge in [-0.3, -0.25) is 0 Å². The summed E-state index contributed by atoms with van der Waals surface area (Å²) in [6, 6.07) is 7.19. The maximum absolute atomic E-state index is 11.9. The normalized spacial score (nSPS) is 10.6. The number of nitrogens with zero attached hydrogens (tertiary/aromatic N) is 2. The average Bonchev–Trinajstić information content (AvgIpc) is 3.02. The lowest BCUT2D eigenvalue weighted by molar-refractivity contribution is 0.0384. The Morgan fingerprint density at radius 3 is 1.52 bits per heavy atom. The lowest BCUT2D eigenvalue weighted by Gasteiger charge is -2.08. The van der Waals surface area contributed by atoms with Crippen molar-refractivity contribution in [3.8, 4) is 0 Å². The zero-order valence-electron chi connectivity index (χ0n) is 14.0. The third-order valence-electron chi connectivity index (χ3n) is 3.92. The third kappa shape index (κ3) is 3.83. The number of carbonyl (C=O) groups is 2. The molecule has 23 heavy (non-hydrogen) atoms. The van der Waals surface area contributed by atoms with E-state index in [0.717, 1.165) is 11.4 Å². The first kappa shape index (κ1) is 16.9. The van der Waals surface area contributed by atoms with Gasteiger partial charge in [0.05, 0.1) is 13.2 Å². The number of hydrogen-bond donors (Lipinski definition) is 0. The van der Waals surface area contributed by atoms with Gasteiger partial charge in [-0.1, -0.05) is 0 Å². The molecule has 0 atom stereocenters. The standard InChI is InChI=1S/C17H22N2O4/c1-12-6-8-14(18(12)3)16(20)22-10-5-11-23-17(21)15-9-7-13(2)19(15)4/h6-9H,5,10-11H2,1-4H3. The van der Waals surface area contributed by atoms with E-state index in [0.29, 0.717) is 17.8 Å². The molecule has 2 rings (SSSR count). The van der Waals surface area contributed by atoms with Gasteiger partial charge in [0.25, 0.3) is 0 Å². The molecule has 0 aliphatic rings. The van der Waals surface area contributed by atoms with E-state index in [2.05, 4.69) is 0 Å². The van der Waals surface area contributed by atoms with Crippen LogP contribution in [0.2, 0.25) is 0 Å². The largest absolute Gasteiger partial charge is 0.461 e. The van der Waals surface area contributed by atoms with Gasteiger partial charge in [0.15, 0.2) is 0 Å². The van der Waals surface area contributed by atoms with Crippen molar-refractivity contribution >= 4 is 11.9 Å². The van der Waals surface area contributed by atoms with Crippen molar-refractivity contribution in [2.75, 3.05) is 13.2 Å². The van der Waals surface area contributed by atoms with Crippen LogP contribution in [0.15, 0.2) is 24.3 Å². The van der Waals surface area contributed by atoms with Crippen molar-refractivity contribution in [2.24, 2.45) is 14.1 Å². The molecule has 0 radical (unpaired) electrons. The molecule has 0 aliphatic heterocycles. The smallest absolute Gasteiger partial charge is 0.354 e. The minimum absolute atomic E-state index is 0.211. The lowest BCUT2D eigenvalue weighted by atomic mass is 10.4. The van der Waals surface area contributed by atoms with Crippen LogP contribution in [0.3, 0.4) is 0 Å². The SMILES string of the molecule is Cc1ccc(C(=O)OCCCOC(=O)c2ccc(C)n2C)n1C. The van der Waals surface area contributed by atoms with Crippen molar-refractivity contribution in [2.45, 2.75) is 20.3 Å². The van der Waals surface area contributed by atoms with Crippen molar-refractivity contribution in [3.63, 3.8) is 0 Å². The minimum atomic E-state index is -0.370. The first-order valence-corrected chi connectivity index (χ1v) is 7.50. The fourth-order valence-electron chi connectivity index (χ4n) is 2.17. The predicted octanol–water partition coefficient (Wildman–Crippen LogP) is 2.38. The third-order valence-corrected chi connectivity index (χ3v) is 3.92. The predicted molar refractivity (Wildman–Crippen MR) is 85.5 cm³/mol. The van der Waals surface area contributed by atoms with Crippen molar-refractivity contribution in [1.29, 1.82) is 0 Å². The van der Waals surface area contributed by atoms with Crippen LogP contribution in [0.4, 0.5) is 0 Å². The van der Waals surface area contributed by atoms with E-state index >= 15 is 0 Å². The Morgan fingerprint density at radius 2 is 1.22 bits per heavy atom. The molecule has 6 heteroatoms. The second-order valence-corrected chi connectivity index (χ2v) is 5.46. The molecule has 2 aromatic rings. The molecule has 0 saturated carbocycles. The maximum atomic E-state index is 11.9. The highest BCUT2D eigenvalue weighted by Crippen LogP contribution is 2.09. The van der Waals surface area contributed by atoms with Gasteiger partial charge in [0.2, 0.25) is 0 Å². The summed E-state index contributed by atoms with van der Waals surface area (Å²) in [5, 5.41) is 0. The molecule has 0 aliphatic carbocycles. The highest BCUT2D eigenvalue weighted by atomic mass is 16.5. The monoisotopic (exact) mass is 318 g/mol. The summed E-state index contributed by atoms with van der Waals surface area (Å²) in [5.41, 5.74) is 3.00. The molecular formula is C17H22N2O4. The van der Waals surface area contributed by atoms with Crippen LogP contribution >= 0.6 is 0 Å². The fraction of sp³-hybridized carbons (Fsp3) is 0.412. The van der Waals surface area contributed by atoms with E-state index in [1.165, 1.54) is 0 Å². The van der Waals surface area contributed by atoms with E-state index in [-0.39, 0.29) is 25.2 Å². The fourth-order valence-corrected chi connectivity index (χ4v) is 2.17. The van der Waals surface area contributed by atoms with E-state index in [4.69, 9.17) is 9.47 Å². The highest BCUT2D eigenvalue weighted by Gasteiger charge is 2.13. The van der Waals surface area contributed by atoms with Gasteiger partial charge in [-0.15, -0.1) is 0 Å².